The van der Waals surface area contributed by atoms with Gasteiger partial charge in [0.2, 0.25) is 5.91 Å². The van der Waals surface area contributed by atoms with Gasteiger partial charge in [0.05, 0.1) is 6.04 Å². The Hall–Kier alpha value is -1.43. The molecule has 1 amide bonds. The lowest BCUT2D eigenvalue weighted by Crippen LogP contribution is -2.54. The third kappa shape index (κ3) is 4.30. The number of hydrogen-bond acceptors (Lipinski definition) is 4. The maximum atomic E-state index is 12.3. The van der Waals surface area contributed by atoms with Crippen LogP contribution >= 0.6 is 0 Å². The maximum Gasteiger partial charge on any atom is 0.237 e. The van der Waals surface area contributed by atoms with Gasteiger partial charge in [-0.2, -0.15) is 0 Å². The molecule has 1 aliphatic heterocycles. The summed E-state index contributed by atoms with van der Waals surface area (Å²) in [6.45, 7) is 4.07. The summed E-state index contributed by atoms with van der Waals surface area (Å²) in [6.07, 6.45) is 0.487. The molecule has 3 N–H and O–H groups in total. The fraction of sp³-hybridized carbons (Fsp3) is 0.533. The summed E-state index contributed by atoms with van der Waals surface area (Å²) in [7, 11) is 0. The molecule has 0 radical (unpaired) electrons. The summed E-state index contributed by atoms with van der Waals surface area (Å²) in [4.78, 5) is 14.5. The highest BCUT2D eigenvalue weighted by molar-refractivity contribution is 5.81. The molecule has 1 saturated heterocycles. The number of carbonyl (C=O) groups is 1. The van der Waals surface area contributed by atoms with Gasteiger partial charge in [-0.15, -0.1) is 0 Å². The van der Waals surface area contributed by atoms with Gasteiger partial charge in [0.15, 0.2) is 0 Å². The molecular weight excluding hydrogens is 254 g/mol. The van der Waals surface area contributed by atoms with E-state index in [2.05, 4.69) is 15.5 Å². The van der Waals surface area contributed by atoms with E-state index in [1.807, 2.05) is 30.3 Å². The molecule has 0 bridgehead atoms. The average molecular weight is 277 g/mol. The molecule has 5 heteroatoms. The summed E-state index contributed by atoms with van der Waals surface area (Å²) < 4.78 is 0. The molecule has 1 heterocycles. The van der Waals surface area contributed by atoms with Crippen molar-refractivity contribution >= 4 is 5.91 Å². The number of nitrogens with one attached hydrogen (secondary N) is 2. The Balaban J connectivity index is 1.89. The van der Waals surface area contributed by atoms with Crippen LogP contribution in [-0.4, -0.2) is 54.7 Å². The summed E-state index contributed by atoms with van der Waals surface area (Å²) in [5, 5.41) is 15.4. The lowest BCUT2D eigenvalue weighted by molar-refractivity contribution is -0.127. The molecule has 5 nitrogen and oxygen atoms in total. The van der Waals surface area contributed by atoms with Crippen LogP contribution in [0.2, 0.25) is 0 Å². The molecule has 1 fully saturated rings. The van der Waals surface area contributed by atoms with E-state index in [1.54, 1.807) is 0 Å². The first kappa shape index (κ1) is 15.0. The van der Waals surface area contributed by atoms with E-state index >= 15 is 0 Å². The highest BCUT2D eigenvalue weighted by atomic mass is 16.3. The number of rotatable bonds is 6. The van der Waals surface area contributed by atoms with Crippen molar-refractivity contribution in [2.75, 3.05) is 32.8 Å². The van der Waals surface area contributed by atoms with Crippen molar-refractivity contribution in [1.82, 2.24) is 15.5 Å². The topological polar surface area (TPSA) is 64.6 Å². The number of piperazine rings is 1. The summed E-state index contributed by atoms with van der Waals surface area (Å²) >= 11 is 0. The zero-order valence-corrected chi connectivity index (χ0v) is 11.7. The van der Waals surface area contributed by atoms with Crippen LogP contribution in [0.4, 0.5) is 0 Å². The summed E-state index contributed by atoms with van der Waals surface area (Å²) in [6, 6.07) is 9.64. The second-order valence-corrected chi connectivity index (χ2v) is 5.02. The molecule has 0 aromatic heterocycles. The zero-order chi connectivity index (χ0) is 14.2. The molecule has 0 aliphatic carbocycles. The quantitative estimate of drug-likeness (QED) is 0.683. The molecule has 1 aliphatic rings. The number of hydrogen-bond donors (Lipinski definition) is 3. The second kappa shape index (κ2) is 7.99. The van der Waals surface area contributed by atoms with Crippen LogP contribution in [0, 0.1) is 0 Å². The Morgan fingerprint density at radius 1 is 1.30 bits per heavy atom. The van der Waals surface area contributed by atoms with Crippen LogP contribution in [0.15, 0.2) is 30.3 Å². The fourth-order valence-corrected chi connectivity index (χ4v) is 2.50. The molecule has 1 atom stereocenters. The van der Waals surface area contributed by atoms with Gasteiger partial charge in [-0.1, -0.05) is 30.3 Å². The van der Waals surface area contributed by atoms with Crippen LogP contribution in [0.3, 0.4) is 0 Å². The fourth-order valence-electron chi connectivity index (χ4n) is 2.50. The minimum atomic E-state index is -0.231. The van der Waals surface area contributed by atoms with Crippen molar-refractivity contribution in [2.24, 2.45) is 0 Å². The highest BCUT2D eigenvalue weighted by Crippen LogP contribution is 2.07. The highest BCUT2D eigenvalue weighted by Gasteiger charge is 2.26. The number of aliphatic hydroxyl groups excluding tert-OH is 1. The first-order valence-electron chi connectivity index (χ1n) is 7.18. The van der Waals surface area contributed by atoms with E-state index in [0.717, 1.165) is 31.7 Å². The van der Waals surface area contributed by atoms with Crippen molar-refractivity contribution < 1.29 is 9.90 Å². The van der Waals surface area contributed by atoms with Crippen LogP contribution in [-0.2, 0) is 11.3 Å². The van der Waals surface area contributed by atoms with E-state index in [0.29, 0.717) is 13.0 Å². The molecule has 110 valence electrons. The maximum absolute atomic E-state index is 12.3. The van der Waals surface area contributed by atoms with Gasteiger partial charge in [0.1, 0.15) is 0 Å². The SMILES string of the molecule is O=C(NCc1ccccc1)C(CCO)N1CCNCC1. The van der Waals surface area contributed by atoms with E-state index in [9.17, 15) is 9.90 Å². The molecular formula is C15H23N3O2. The largest absolute Gasteiger partial charge is 0.396 e. The van der Waals surface area contributed by atoms with Gasteiger partial charge in [-0.25, -0.2) is 0 Å². The molecule has 20 heavy (non-hydrogen) atoms. The van der Waals surface area contributed by atoms with E-state index < -0.39 is 0 Å². The Kier molecular flexibility index (Phi) is 5.98. The minimum Gasteiger partial charge on any atom is -0.396 e. The van der Waals surface area contributed by atoms with Gasteiger partial charge in [-0.05, 0) is 12.0 Å². The van der Waals surface area contributed by atoms with Crippen LogP contribution in [0.5, 0.6) is 0 Å². The lowest BCUT2D eigenvalue weighted by Gasteiger charge is -2.33. The number of aliphatic hydroxyl groups is 1. The zero-order valence-electron chi connectivity index (χ0n) is 11.7. The Morgan fingerprint density at radius 2 is 2.00 bits per heavy atom. The number of benzene rings is 1. The number of amides is 1. The lowest BCUT2D eigenvalue weighted by atomic mass is 10.1. The number of nitrogens with zero attached hydrogens (tertiary/aromatic N) is 1. The molecule has 2 rings (SSSR count). The van der Waals surface area contributed by atoms with Gasteiger partial charge >= 0.3 is 0 Å². The molecule has 1 aromatic carbocycles. The van der Waals surface area contributed by atoms with Crippen molar-refractivity contribution in [3.63, 3.8) is 0 Å². The molecule has 1 unspecified atom stereocenters. The van der Waals surface area contributed by atoms with Crippen molar-refractivity contribution in [3.05, 3.63) is 35.9 Å². The number of carbonyl (C=O) groups excluding carboxylic acids is 1. The van der Waals surface area contributed by atoms with Gasteiger partial charge < -0.3 is 15.7 Å². The molecule has 1 aromatic rings. The van der Waals surface area contributed by atoms with Gasteiger partial charge in [0, 0.05) is 39.3 Å². The Bertz CT molecular complexity index is 405. The second-order valence-electron chi connectivity index (χ2n) is 5.02. The van der Waals surface area contributed by atoms with E-state index in [-0.39, 0.29) is 18.6 Å². The summed E-state index contributed by atoms with van der Waals surface area (Å²) in [5.41, 5.74) is 1.09. The predicted molar refractivity (Wildman–Crippen MR) is 78.2 cm³/mol. The van der Waals surface area contributed by atoms with E-state index in [4.69, 9.17) is 0 Å². The minimum absolute atomic E-state index is 0.00445. The third-order valence-electron chi connectivity index (χ3n) is 3.61. The van der Waals surface area contributed by atoms with E-state index in [1.165, 1.54) is 0 Å². The van der Waals surface area contributed by atoms with Gasteiger partial charge in [0.25, 0.3) is 0 Å². The van der Waals surface area contributed by atoms with Crippen molar-refractivity contribution in [2.45, 2.75) is 19.0 Å². The third-order valence-corrected chi connectivity index (χ3v) is 3.61. The van der Waals surface area contributed by atoms with Crippen LogP contribution in [0.25, 0.3) is 0 Å². The van der Waals surface area contributed by atoms with Crippen molar-refractivity contribution in [3.8, 4) is 0 Å². The first-order valence-corrected chi connectivity index (χ1v) is 7.18. The normalized spacial score (nSPS) is 17.6. The smallest absolute Gasteiger partial charge is 0.237 e. The molecule has 0 spiro atoms. The first-order chi connectivity index (χ1) is 9.81. The Labute approximate surface area is 120 Å². The predicted octanol–water partition coefficient (Wildman–Crippen LogP) is -0.0410. The van der Waals surface area contributed by atoms with Crippen molar-refractivity contribution in [1.29, 1.82) is 0 Å². The Morgan fingerprint density at radius 3 is 2.65 bits per heavy atom. The monoisotopic (exact) mass is 277 g/mol. The average Bonchev–Trinajstić information content (AvgIpc) is 2.52. The van der Waals surface area contributed by atoms with Gasteiger partial charge in [-0.3, -0.25) is 9.69 Å². The van der Waals surface area contributed by atoms with Crippen LogP contribution < -0.4 is 10.6 Å². The standard InChI is InChI=1S/C15H23N3O2/c19-11-6-14(18-9-7-16-8-10-18)15(20)17-12-13-4-2-1-3-5-13/h1-5,14,16,19H,6-12H2,(H,17,20). The van der Waals surface area contributed by atoms with Crippen LogP contribution in [0.1, 0.15) is 12.0 Å². The molecule has 0 saturated carbocycles. The summed E-state index contributed by atoms with van der Waals surface area (Å²) in [5.74, 6) is 0.00445.